The Morgan fingerprint density at radius 1 is 0.871 bits per heavy atom. The van der Waals surface area contributed by atoms with Gasteiger partial charge in [-0.15, -0.1) is 6.58 Å². The van der Waals surface area contributed by atoms with Gasteiger partial charge in [0.05, 0.1) is 6.26 Å². The van der Waals surface area contributed by atoms with E-state index in [4.69, 9.17) is 8.84 Å². The van der Waals surface area contributed by atoms with Crippen LogP contribution in [0.2, 0.25) is 5.04 Å². The standard InChI is InChI=1S/C28H36O2Si/c1-5-15-24-21-23-29-27(24)20-13-8-14-22-30-31(28(2,3)4,25-16-9-6-10-17-25)26-18-11-7-12-19-26/h5-7,9-12,16-19,21,23H,1,8,13-15,20,22H2,2-4H3. The van der Waals surface area contributed by atoms with Gasteiger partial charge >= 0.3 is 0 Å². The van der Waals surface area contributed by atoms with Crippen LogP contribution in [0.4, 0.5) is 0 Å². The third kappa shape index (κ3) is 5.47. The molecule has 2 aromatic carbocycles. The van der Waals surface area contributed by atoms with E-state index in [2.05, 4.69) is 94.1 Å². The molecule has 1 aromatic heterocycles. The predicted molar refractivity (Wildman–Crippen MR) is 134 cm³/mol. The zero-order chi connectivity index (χ0) is 22.2. The molecule has 3 heteroatoms. The molecular formula is C28H36O2Si. The SMILES string of the molecule is C=CCc1ccoc1CCCCCO[Si](c1ccccc1)(c1ccccc1)C(C)(C)C. The van der Waals surface area contributed by atoms with Crippen LogP contribution in [-0.4, -0.2) is 14.9 Å². The molecule has 0 aliphatic heterocycles. The van der Waals surface area contributed by atoms with Crippen molar-refractivity contribution in [2.45, 2.75) is 57.9 Å². The fourth-order valence-electron chi connectivity index (χ4n) is 4.48. The van der Waals surface area contributed by atoms with Gasteiger partial charge in [0.1, 0.15) is 5.76 Å². The Morgan fingerprint density at radius 2 is 1.48 bits per heavy atom. The first-order valence-electron chi connectivity index (χ1n) is 11.4. The van der Waals surface area contributed by atoms with Crippen molar-refractivity contribution in [1.29, 1.82) is 0 Å². The maximum atomic E-state index is 6.97. The highest BCUT2D eigenvalue weighted by Gasteiger charge is 2.49. The molecule has 0 bridgehead atoms. The number of hydrogen-bond donors (Lipinski definition) is 0. The van der Waals surface area contributed by atoms with Crippen LogP contribution in [-0.2, 0) is 17.3 Å². The van der Waals surface area contributed by atoms with E-state index in [1.165, 1.54) is 15.9 Å². The molecule has 0 saturated heterocycles. The Kier molecular flexibility index (Phi) is 8.11. The summed E-state index contributed by atoms with van der Waals surface area (Å²) in [4.78, 5) is 0. The lowest BCUT2D eigenvalue weighted by Crippen LogP contribution is -2.66. The van der Waals surface area contributed by atoms with Crippen LogP contribution in [0, 0.1) is 0 Å². The Bertz CT molecular complexity index is 883. The molecule has 0 saturated carbocycles. The van der Waals surface area contributed by atoms with Gasteiger partial charge in [-0.05, 0) is 46.3 Å². The van der Waals surface area contributed by atoms with Gasteiger partial charge in [-0.3, -0.25) is 0 Å². The van der Waals surface area contributed by atoms with Crippen LogP contribution in [0.25, 0.3) is 0 Å². The third-order valence-electron chi connectivity index (χ3n) is 5.99. The summed E-state index contributed by atoms with van der Waals surface area (Å²) in [6, 6.07) is 23.8. The average Bonchev–Trinajstić information content (AvgIpc) is 3.21. The van der Waals surface area contributed by atoms with Crippen LogP contribution in [0.3, 0.4) is 0 Å². The van der Waals surface area contributed by atoms with E-state index in [9.17, 15) is 0 Å². The zero-order valence-corrected chi connectivity index (χ0v) is 20.3. The van der Waals surface area contributed by atoms with Gasteiger partial charge in [-0.2, -0.15) is 0 Å². The van der Waals surface area contributed by atoms with Crippen molar-refractivity contribution < 1.29 is 8.84 Å². The average molecular weight is 433 g/mol. The van der Waals surface area contributed by atoms with Crippen molar-refractivity contribution in [1.82, 2.24) is 0 Å². The Hall–Kier alpha value is -2.36. The highest BCUT2D eigenvalue weighted by Crippen LogP contribution is 2.36. The minimum atomic E-state index is -2.41. The fraction of sp³-hybridized carbons (Fsp3) is 0.357. The van der Waals surface area contributed by atoms with E-state index in [0.717, 1.165) is 44.5 Å². The molecule has 0 unspecified atom stereocenters. The molecule has 0 amide bonds. The van der Waals surface area contributed by atoms with E-state index in [-0.39, 0.29) is 5.04 Å². The predicted octanol–water partition coefficient (Wildman–Crippen LogP) is 6.30. The highest BCUT2D eigenvalue weighted by atomic mass is 28.4. The smallest absolute Gasteiger partial charge is 0.261 e. The van der Waals surface area contributed by atoms with Crippen LogP contribution in [0.1, 0.15) is 51.4 Å². The topological polar surface area (TPSA) is 22.4 Å². The van der Waals surface area contributed by atoms with Crippen LogP contribution < -0.4 is 10.4 Å². The van der Waals surface area contributed by atoms with Crippen LogP contribution in [0.5, 0.6) is 0 Å². The monoisotopic (exact) mass is 432 g/mol. The van der Waals surface area contributed by atoms with Gasteiger partial charge in [0.15, 0.2) is 0 Å². The van der Waals surface area contributed by atoms with E-state index in [1.807, 2.05) is 6.08 Å². The fourth-order valence-corrected chi connectivity index (χ4v) is 9.08. The minimum Gasteiger partial charge on any atom is -0.469 e. The molecule has 0 aliphatic carbocycles. The molecule has 0 aliphatic rings. The largest absolute Gasteiger partial charge is 0.469 e. The van der Waals surface area contributed by atoms with Crippen molar-refractivity contribution >= 4 is 18.7 Å². The van der Waals surface area contributed by atoms with Crippen molar-refractivity contribution in [3.63, 3.8) is 0 Å². The molecule has 0 atom stereocenters. The van der Waals surface area contributed by atoms with Crippen LogP contribution in [0.15, 0.2) is 90.1 Å². The molecule has 31 heavy (non-hydrogen) atoms. The molecular weight excluding hydrogens is 396 g/mol. The van der Waals surface area contributed by atoms with Gasteiger partial charge in [0.25, 0.3) is 8.32 Å². The number of hydrogen-bond acceptors (Lipinski definition) is 2. The number of aryl methyl sites for hydroxylation is 1. The summed E-state index contributed by atoms with van der Waals surface area (Å²) in [5, 5.41) is 2.72. The Balaban J connectivity index is 1.68. The quantitative estimate of drug-likeness (QED) is 0.202. The van der Waals surface area contributed by atoms with Crippen molar-refractivity contribution in [2.75, 3.05) is 6.61 Å². The van der Waals surface area contributed by atoms with Gasteiger partial charge in [-0.1, -0.05) is 93.9 Å². The molecule has 3 rings (SSSR count). The summed E-state index contributed by atoms with van der Waals surface area (Å²) >= 11 is 0. The van der Waals surface area contributed by atoms with Gasteiger partial charge in [0.2, 0.25) is 0 Å². The molecule has 2 nitrogen and oxygen atoms in total. The van der Waals surface area contributed by atoms with E-state index in [0.29, 0.717) is 0 Å². The van der Waals surface area contributed by atoms with Gasteiger partial charge in [-0.25, -0.2) is 0 Å². The summed E-state index contributed by atoms with van der Waals surface area (Å²) in [6.07, 6.45) is 8.89. The lowest BCUT2D eigenvalue weighted by atomic mass is 10.1. The Labute approximate surface area is 189 Å². The minimum absolute atomic E-state index is 0.0312. The summed E-state index contributed by atoms with van der Waals surface area (Å²) < 4.78 is 12.6. The summed E-state index contributed by atoms with van der Waals surface area (Å²) in [7, 11) is -2.41. The number of rotatable bonds is 11. The number of furan rings is 1. The first-order valence-corrected chi connectivity index (χ1v) is 13.3. The summed E-state index contributed by atoms with van der Waals surface area (Å²) in [5.41, 5.74) is 1.26. The Morgan fingerprint density at radius 3 is 2.03 bits per heavy atom. The first kappa shape index (κ1) is 23.3. The van der Waals surface area contributed by atoms with Gasteiger partial charge in [0, 0.05) is 13.0 Å². The van der Waals surface area contributed by atoms with Crippen molar-refractivity contribution in [2.24, 2.45) is 0 Å². The number of unbranched alkanes of at least 4 members (excludes halogenated alkanes) is 2. The second-order valence-corrected chi connectivity index (χ2v) is 13.5. The molecule has 0 spiro atoms. The molecule has 0 radical (unpaired) electrons. The van der Waals surface area contributed by atoms with E-state index in [1.54, 1.807) is 6.26 Å². The number of allylic oxidation sites excluding steroid dienone is 1. The van der Waals surface area contributed by atoms with Crippen molar-refractivity contribution in [3.8, 4) is 0 Å². The maximum Gasteiger partial charge on any atom is 0.261 e. The molecule has 0 fully saturated rings. The molecule has 164 valence electrons. The number of benzene rings is 2. The first-order chi connectivity index (χ1) is 15.0. The lowest BCUT2D eigenvalue weighted by Gasteiger charge is -2.43. The second-order valence-electron chi connectivity index (χ2n) is 9.18. The summed E-state index contributed by atoms with van der Waals surface area (Å²) in [6.45, 7) is 11.6. The molecule has 0 N–H and O–H groups in total. The van der Waals surface area contributed by atoms with Crippen molar-refractivity contribution in [3.05, 3.63) is 97.0 Å². The van der Waals surface area contributed by atoms with E-state index >= 15 is 0 Å². The van der Waals surface area contributed by atoms with Gasteiger partial charge < -0.3 is 8.84 Å². The second kappa shape index (κ2) is 10.8. The maximum absolute atomic E-state index is 6.97. The third-order valence-corrected chi connectivity index (χ3v) is 11.0. The van der Waals surface area contributed by atoms with Crippen LogP contribution >= 0.6 is 0 Å². The zero-order valence-electron chi connectivity index (χ0n) is 19.3. The lowest BCUT2D eigenvalue weighted by molar-refractivity contribution is 0.286. The normalized spacial score (nSPS) is 12.1. The highest BCUT2D eigenvalue weighted by molar-refractivity contribution is 6.99. The summed E-state index contributed by atoms with van der Waals surface area (Å²) in [5.74, 6) is 1.10. The molecule has 3 aromatic rings. The molecule has 1 heterocycles. The van der Waals surface area contributed by atoms with E-state index < -0.39 is 8.32 Å².